The molecule has 0 N–H and O–H groups in total. The third kappa shape index (κ3) is 1.97. The molecule has 0 spiro atoms. The van der Waals surface area contributed by atoms with Gasteiger partial charge in [0.05, 0.1) is 5.69 Å². The van der Waals surface area contributed by atoms with Gasteiger partial charge in [0.25, 0.3) is 5.56 Å². The van der Waals surface area contributed by atoms with Crippen LogP contribution in [0.1, 0.15) is 25.6 Å². The number of rotatable bonds is 2. The van der Waals surface area contributed by atoms with Crippen LogP contribution < -0.4 is 11.2 Å². The molecule has 0 aliphatic heterocycles. The van der Waals surface area contributed by atoms with Gasteiger partial charge in [0.1, 0.15) is 0 Å². The Morgan fingerprint density at radius 1 is 1.00 bits per heavy atom. The molecular formula is C19H21N5O2. The SMILES string of the molecule is Cc1c(-c2ccccc2)n(C(C)C)c2nc3c(c(=O)n(C)c(=O)n3C)n12. The highest BCUT2D eigenvalue weighted by Crippen LogP contribution is 2.32. The molecule has 134 valence electrons. The number of nitrogens with zero attached hydrogens (tertiary/aromatic N) is 5. The van der Waals surface area contributed by atoms with Crippen molar-refractivity contribution in [2.75, 3.05) is 0 Å². The highest BCUT2D eigenvalue weighted by molar-refractivity contribution is 5.79. The predicted molar refractivity (Wildman–Crippen MR) is 102 cm³/mol. The normalized spacial score (nSPS) is 11.9. The molecule has 0 bridgehead atoms. The van der Waals surface area contributed by atoms with E-state index in [0.717, 1.165) is 21.5 Å². The smallest absolute Gasteiger partial charge is 0.307 e. The Kier molecular flexibility index (Phi) is 3.44. The van der Waals surface area contributed by atoms with Gasteiger partial charge in [0.2, 0.25) is 5.78 Å². The van der Waals surface area contributed by atoms with Crippen LogP contribution in [0.2, 0.25) is 0 Å². The fourth-order valence-corrected chi connectivity index (χ4v) is 3.68. The highest BCUT2D eigenvalue weighted by Gasteiger charge is 2.24. The maximum Gasteiger partial charge on any atom is 0.332 e. The Morgan fingerprint density at radius 2 is 1.65 bits per heavy atom. The van der Waals surface area contributed by atoms with Gasteiger partial charge in [-0.3, -0.25) is 18.3 Å². The molecule has 0 radical (unpaired) electrons. The van der Waals surface area contributed by atoms with Gasteiger partial charge in [0, 0.05) is 31.4 Å². The van der Waals surface area contributed by atoms with Gasteiger partial charge in [-0.05, 0) is 20.8 Å². The summed E-state index contributed by atoms with van der Waals surface area (Å²) in [5.41, 5.74) is 3.15. The fourth-order valence-electron chi connectivity index (χ4n) is 3.68. The van der Waals surface area contributed by atoms with Crippen LogP contribution in [0.25, 0.3) is 28.2 Å². The molecule has 4 aromatic rings. The van der Waals surface area contributed by atoms with Crippen LogP contribution in [0.4, 0.5) is 0 Å². The lowest BCUT2D eigenvalue weighted by molar-refractivity contribution is 0.620. The first kappa shape index (κ1) is 16.4. The lowest BCUT2D eigenvalue weighted by Gasteiger charge is -2.13. The van der Waals surface area contributed by atoms with Crippen molar-refractivity contribution in [1.82, 2.24) is 23.1 Å². The van der Waals surface area contributed by atoms with Gasteiger partial charge in [-0.25, -0.2) is 4.79 Å². The molecule has 3 heterocycles. The lowest BCUT2D eigenvalue weighted by Crippen LogP contribution is -2.37. The van der Waals surface area contributed by atoms with Crippen molar-refractivity contribution >= 4 is 16.9 Å². The molecule has 0 amide bonds. The summed E-state index contributed by atoms with van der Waals surface area (Å²) < 4.78 is 6.55. The van der Waals surface area contributed by atoms with Gasteiger partial charge in [-0.1, -0.05) is 30.3 Å². The second-order valence-corrected chi connectivity index (χ2v) is 6.89. The Bertz CT molecular complexity index is 1270. The number of hydrogen-bond donors (Lipinski definition) is 0. The van der Waals surface area contributed by atoms with E-state index in [9.17, 15) is 9.59 Å². The zero-order chi connectivity index (χ0) is 18.7. The third-order valence-electron chi connectivity index (χ3n) is 4.94. The minimum Gasteiger partial charge on any atom is -0.307 e. The van der Waals surface area contributed by atoms with Crippen molar-refractivity contribution in [1.29, 1.82) is 0 Å². The fraction of sp³-hybridized carbons (Fsp3) is 0.316. The van der Waals surface area contributed by atoms with Crippen LogP contribution in [0.5, 0.6) is 0 Å². The van der Waals surface area contributed by atoms with E-state index < -0.39 is 0 Å². The van der Waals surface area contributed by atoms with E-state index in [2.05, 4.69) is 35.5 Å². The molecule has 7 heteroatoms. The van der Waals surface area contributed by atoms with Crippen molar-refractivity contribution in [2.24, 2.45) is 14.1 Å². The van der Waals surface area contributed by atoms with Crippen LogP contribution in [0.15, 0.2) is 39.9 Å². The minimum absolute atomic E-state index is 0.138. The number of fused-ring (bicyclic) bond motifs is 3. The Labute approximate surface area is 149 Å². The summed E-state index contributed by atoms with van der Waals surface area (Å²) in [4.78, 5) is 29.8. The molecule has 0 aliphatic rings. The van der Waals surface area contributed by atoms with Gasteiger partial charge in [-0.15, -0.1) is 0 Å². The molecule has 7 nitrogen and oxygen atoms in total. The van der Waals surface area contributed by atoms with Crippen LogP contribution in [-0.2, 0) is 14.1 Å². The molecule has 1 aromatic carbocycles. The molecule has 0 aliphatic carbocycles. The van der Waals surface area contributed by atoms with Crippen LogP contribution >= 0.6 is 0 Å². The topological polar surface area (TPSA) is 66.2 Å². The number of benzene rings is 1. The standard InChI is InChI=1S/C19H21N5O2/c1-11(2)23-14(13-9-7-6-8-10-13)12(3)24-15-16(20-18(23)24)21(4)19(26)22(5)17(15)25/h6-11H,1-5H3. The van der Waals surface area contributed by atoms with Crippen molar-refractivity contribution in [3.05, 3.63) is 56.9 Å². The second-order valence-electron chi connectivity index (χ2n) is 6.89. The van der Waals surface area contributed by atoms with Crippen LogP contribution in [0, 0.1) is 6.92 Å². The Hall–Kier alpha value is -3.09. The molecule has 0 saturated heterocycles. The second kappa shape index (κ2) is 5.45. The van der Waals surface area contributed by atoms with Crippen molar-refractivity contribution in [3.8, 4) is 11.3 Å². The molecule has 0 fully saturated rings. The van der Waals surface area contributed by atoms with Crippen molar-refractivity contribution in [3.63, 3.8) is 0 Å². The monoisotopic (exact) mass is 351 g/mol. The largest absolute Gasteiger partial charge is 0.332 e. The Balaban J connectivity index is 2.28. The summed E-state index contributed by atoms with van der Waals surface area (Å²) in [5.74, 6) is 0.671. The molecular weight excluding hydrogens is 330 g/mol. The van der Waals surface area contributed by atoms with E-state index in [0.29, 0.717) is 16.9 Å². The van der Waals surface area contributed by atoms with Gasteiger partial charge < -0.3 is 4.57 Å². The molecule has 3 aromatic heterocycles. The maximum absolute atomic E-state index is 12.8. The molecule has 26 heavy (non-hydrogen) atoms. The summed E-state index contributed by atoms with van der Waals surface area (Å²) >= 11 is 0. The van der Waals surface area contributed by atoms with Gasteiger partial charge in [-0.2, -0.15) is 4.98 Å². The molecule has 4 rings (SSSR count). The lowest BCUT2D eigenvalue weighted by atomic mass is 10.1. The number of aryl methyl sites for hydroxylation is 2. The average Bonchev–Trinajstić information content (AvgIpc) is 3.14. The number of imidazole rings is 2. The van der Waals surface area contributed by atoms with E-state index in [4.69, 9.17) is 0 Å². The zero-order valence-electron chi connectivity index (χ0n) is 15.5. The summed E-state index contributed by atoms with van der Waals surface area (Å²) in [7, 11) is 3.14. The van der Waals surface area contributed by atoms with E-state index in [1.54, 1.807) is 7.05 Å². The van der Waals surface area contributed by atoms with E-state index in [1.165, 1.54) is 11.6 Å². The van der Waals surface area contributed by atoms with Crippen molar-refractivity contribution in [2.45, 2.75) is 26.8 Å². The quantitative estimate of drug-likeness (QED) is 0.556. The first-order valence-corrected chi connectivity index (χ1v) is 8.59. The van der Waals surface area contributed by atoms with Crippen molar-refractivity contribution < 1.29 is 0 Å². The number of hydrogen-bond acceptors (Lipinski definition) is 3. The van der Waals surface area contributed by atoms with E-state index in [-0.39, 0.29) is 17.3 Å². The summed E-state index contributed by atoms with van der Waals surface area (Å²) in [5, 5.41) is 0. The van der Waals surface area contributed by atoms with Gasteiger partial charge >= 0.3 is 5.69 Å². The molecule has 0 saturated carbocycles. The molecule has 0 unspecified atom stereocenters. The number of aromatic nitrogens is 5. The Morgan fingerprint density at radius 3 is 2.27 bits per heavy atom. The van der Waals surface area contributed by atoms with Gasteiger partial charge in [0.15, 0.2) is 11.2 Å². The third-order valence-corrected chi connectivity index (χ3v) is 4.94. The minimum atomic E-state index is -0.375. The molecule has 0 atom stereocenters. The summed E-state index contributed by atoms with van der Waals surface area (Å²) in [6.45, 7) is 6.16. The van der Waals surface area contributed by atoms with Crippen LogP contribution in [0.3, 0.4) is 0 Å². The maximum atomic E-state index is 12.8. The summed E-state index contributed by atoms with van der Waals surface area (Å²) in [6, 6.07) is 10.2. The zero-order valence-corrected chi connectivity index (χ0v) is 15.5. The average molecular weight is 351 g/mol. The van der Waals surface area contributed by atoms with E-state index in [1.807, 2.05) is 29.5 Å². The van der Waals surface area contributed by atoms with E-state index >= 15 is 0 Å². The predicted octanol–water partition coefficient (Wildman–Crippen LogP) is 2.24. The van der Waals surface area contributed by atoms with Crippen LogP contribution in [-0.4, -0.2) is 23.1 Å². The first-order chi connectivity index (χ1) is 12.3. The first-order valence-electron chi connectivity index (χ1n) is 8.59. The highest BCUT2D eigenvalue weighted by atomic mass is 16.2. The summed E-state index contributed by atoms with van der Waals surface area (Å²) in [6.07, 6.45) is 0.